The van der Waals surface area contributed by atoms with Crippen LogP contribution in [0.5, 0.6) is 0 Å². The Balaban J connectivity index is 1.95. The number of nitrogens with one attached hydrogen (secondary N) is 1. The number of benzene rings is 2. The van der Waals surface area contributed by atoms with Gasteiger partial charge < -0.3 is 15.0 Å². The van der Waals surface area contributed by atoms with Crippen LogP contribution >= 0.6 is 0 Å². The number of hydrogen-bond acceptors (Lipinski definition) is 6. The summed E-state index contributed by atoms with van der Waals surface area (Å²) in [5.74, 6) is 1.01. The van der Waals surface area contributed by atoms with Gasteiger partial charge in [-0.25, -0.2) is 9.78 Å². The van der Waals surface area contributed by atoms with E-state index < -0.39 is 0 Å². The van der Waals surface area contributed by atoms with Crippen molar-refractivity contribution in [3.63, 3.8) is 0 Å². The number of nitrogens with zero attached hydrogens (tertiary/aromatic N) is 3. The number of methoxy groups -OCH3 is 1. The summed E-state index contributed by atoms with van der Waals surface area (Å²) in [6.45, 7) is 5.92. The Morgan fingerprint density at radius 3 is 2.29 bits per heavy atom. The number of esters is 1. The van der Waals surface area contributed by atoms with Crippen LogP contribution in [0.1, 0.15) is 24.2 Å². The van der Waals surface area contributed by atoms with Crippen LogP contribution in [0, 0.1) is 0 Å². The molecule has 1 aromatic heterocycles. The molecule has 3 rings (SSSR count). The van der Waals surface area contributed by atoms with Crippen molar-refractivity contribution in [2.24, 2.45) is 0 Å². The van der Waals surface area contributed by atoms with Gasteiger partial charge in [-0.3, -0.25) is 0 Å². The standard InChI is InChI=1S/C22H24N4O2/c1-4-26(5-2)20-15-19(16-9-7-6-8-10-16)24-22(25-20)23-18-13-11-17(12-14-18)21(27)28-3/h6-15H,4-5H2,1-3H3,(H,23,24,25). The largest absolute Gasteiger partial charge is 0.465 e. The lowest BCUT2D eigenvalue weighted by molar-refractivity contribution is 0.0601. The van der Waals surface area contributed by atoms with Gasteiger partial charge in [-0.2, -0.15) is 4.98 Å². The fourth-order valence-corrected chi connectivity index (χ4v) is 2.89. The number of hydrogen-bond donors (Lipinski definition) is 1. The molecule has 0 spiro atoms. The molecule has 6 heteroatoms. The second-order valence-electron chi connectivity index (χ2n) is 6.17. The predicted molar refractivity (Wildman–Crippen MR) is 112 cm³/mol. The normalized spacial score (nSPS) is 10.4. The second kappa shape index (κ2) is 8.99. The van der Waals surface area contributed by atoms with Gasteiger partial charge in [0.1, 0.15) is 5.82 Å². The predicted octanol–water partition coefficient (Wildman–Crippen LogP) is 4.52. The van der Waals surface area contributed by atoms with E-state index in [0.29, 0.717) is 11.5 Å². The quantitative estimate of drug-likeness (QED) is 0.612. The Kier molecular flexibility index (Phi) is 6.22. The van der Waals surface area contributed by atoms with Crippen LogP contribution in [-0.2, 0) is 4.74 Å². The molecule has 144 valence electrons. The number of carbonyl (C=O) groups is 1. The first-order chi connectivity index (χ1) is 13.6. The highest BCUT2D eigenvalue weighted by atomic mass is 16.5. The molecule has 1 N–H and O–H groups in total. The van der Waals surface area contributed by atoms with E-state index in [2.05, 4.69) is 34.0 Å². The third kappa shape index (κ3) is 4.46. The Morgan fingerprint density at radius 2 is 1.68 bits per heavy atom. The van der Waals surface area contributed by atoms with Gasteiger partial charge in [-0.1, -0.05) is 30.3 Å². The summed E-state index contributed by atoms with van der Waals surface area (Å²) >= 11 is 0. The van der Waals surface area contributed by atoms with E-state index in [1.807, 2.05) is 48.5 Å². The number of ether oxygens (including phenoxy) is 1. The molecule has 0 atom stereocenters. The maximum absolute atomic E-state index is 11.6. The zero-order chi connectivity index (χ0) is 19.9. The van der Waals surface area contributed by atoms with E-state index in [0.717, 1.165) is 35.9 Å². The monoisotopic (exact) mass is 376 g/mol. The summed E-state index contributed by atoms with van der Waals surface area (Å²) in [5.41, 5.74) is 3.17. The lowest BCUT2D eigenvalue weighted by atomic mass is 10.1. The lowest BCUT2D eigenvalue weighted by Gasteiger charge is -2.21. The number of rotatable bonds is 7. The highest BCUT2D eigenvalue weighted by Crippen LogP contribution is 2.25. The van der Waals surface area contributed by atoms with Crippen LogP contribution in [-0.4, -0.2) is 36.1 Å². The fraction of sp³-hybridized carbons (Fsp3) is 0.227. The molecular formula is C22H24N4O2. The van der Waals surface area contributed by atoms with E-state index in [9.17, 15) is 4.79 Å². The topological polar surface area (TPSA) is 67.4 Å². The van der Waals surface area contributed by atoms with Crippen molar-refractivity contribution in [3.8, 4) is 11.3 Å². The molecule has 0 unspecified atom stereocenters. The molecule has 28 heavy (non-hydrogen) atoms. The average Bonchev–Trinajstić information content (AvgIpc) is 2.75. The Bertz CT molecular complexity index is 923. The van der Waals surface area contributed by atoms with E-state index in [-0.39, 0.29) is 5.97 Å². The van der Waals surface area contributed by atoms with Gasteiger partial charge in [0.25, 0.3) is 0 Å². The minimum Gasteiger partial charge on any atom is -0.465 e. The minimum absolute atomic E-state index is 0.363. The van der Waals surface area contributed by atoms with Crippen molar-refractivity contribution in [3.05, 3.63) is 66.2 Å². The van der Waals surface area contributed by atoms with Gasteiger partial charge in [0, 0.05) is 30.4 Å². The van der Waals surface area contributed by atoms with Crippen molar-refractivity contribution in [1.82, 2.24) is 9.97 Å². The van der Waals surface area contributed by atoms with E-state index in [4.69, 9.17) is 4.74 Å². The van der Waals surface area contributed by atoms with Crippen LogP contribution in [0.25, 0.3) is 11.3 Å². The Labute approximate surface area is 165 Å². The van der Waals surface area contributed by atoms with Crippen molar-refractivity contribution >= 4 is 23.4 Å². The highest BCUT2D eigenvalue weighted by Gasteiger charge is 2.11. The molecule has 0 saturated carbocycles. The zero-order valence-corrected chi connectivity index (χ0v) is 16.3. The van der Waals surface area contributed by atoms with Gasteiger partial charge >= 0.3 is 5.97 Å². The zero-order valence-electron chi connectivity index (χ0n) is 16.3. The summed E-state index contributed by atoms with van der Waals surface area (Å²) < 4.78 is 4.74. The SMILES string of the molecule is CCN(CC)c1cc(-c2ccccc2)nc(Nc2ccc(C(=O)OC)cc2)n1. The molecule has 0 bridgehead atoms. The Morgan fingerprint density at radius 1 is 1.00 bits per heavy atom. The number of anilines is 3. The van der Waals surface area contributed by atoms with Crippen molar-refractivity contribution in [2.45, 2.75) is 13.8 Å². The third-order valence-electron chi connectivity index (χ3n) is 4.43. The molecular weight excluding hydrogens is 352 g/mol. The molecule has 0 aliphatic rings. The first-order valence-corrected chi connectivity index (χ1v) is 9.29. The van der Waals surface area contributed by atoms with Crippen LogP contribution in [0.4, 0.5) is 17.5 Å². The molecule has 6 nitrogen and oxygen atoms in total. The second-order valence-corrected chi connectivity index (χ2v) is 6.17. The summed E-state index contributed by atoms with van der Waals surface area (Å²) in [6.07, 6.45) is 0. The van der Waals surface area contributed by atoms with Gasteiger partial charge in [-0.05, 0) is 38.1 Å². The van der Waals surface area contributed by atoms with Crippen LogP contribution < -0.4 is 10.2 Å². The van der Waals surface area contributed by atoms with Crippen molar-refractivity contribution in [2.75, 3.05) is 30.4 Å². The highest BCUT2D eigenvalue weighted by molar-refractivity contribution is 5.89. The average molecular weight is 376 g/mol. The van der Waals surface area contributed by atoms with Crippen LogP contribution in [0.15, 0.2) is 60.7 Å². The molecule has 0 fully saturated rings. The maximum Gasteiger partial charge on any atom is 0.337 e. The first-order valence-electron chi connectivity index (χ1n) is 9.29. The summed E-state index contributed by atoms with van der Waals surface area (Å²) in [7, 11) is 1.37. The summed E-state index contributed by atoms with van der Waals surface area (Å²) in [4.78, 5) is 23.1. The molecule has 0 aliphatic heterocycles. The van der Waals surface area contributed by atoms with Crippen LogP contribution in [0.3, 0.4) is 0 Å². The van der Waals surface area contributed by atoms with E-state index in [1.165, 1.54) is 7.11 Å². The Hall–Kier alpha value is -3.41. The van der Waals surface area contributed by atoms with E-state index in [1.54, 1.807) is 12.1 Å². The summed E-state index contributed by atoms with van der Waals surface area (Å²) in [5, 5.41) is 3.24. The van der Waals surface area contributed by atoms with Gasteiger partial charge in [0.15, 0.2) is 0 Å². The van der Waals surface area contributed by atoms with Crippen LogP contribution in [0.2, 0.25) is 0 Å². The van der Waals surface area contributed by atoms with Gasteiger partial charge in [0.2, 0.25) is 5.95 Å². The minimum atomic E-state index is -0.363. The molecule has 0 aliphatic carbocycles. The fourth-order valence-electron chi connectivity index (χ4n) is 2.89. The van der Waals surface area contributed by atoms with Gasteiger partial charge in [0.05, 0.1) is 18.4 Å². The third-order valence-corrected chi connectivity index (χ3v) is 4.43. The molecule has 0 amide bonds. The molecule has 0 radical (unpaired) electrons. The molecule has 1 heterocycles. The van der Waals surface area contributed by atoms with Crippen molar-refractivity contribution < 1.29 is 9.53 Å². The smallest absolute Gasteiger partial charge is 0.337 e. The molecule has 2 aromatic carbocycles. The molecule has 0 saturated heterocycles. The molecule has 3 aromatic rings. The van der Waals surface area contributed by atoms with Gasteiger partial charge in [-0.15, -0.1) is 0 Å². The maximum atomic E-state index is 11.6. The number of carbonyl (C=O) groups excluding carboxylic acids is 1. The summed E-state index contributed by atoms with van der Waals surface area (Å²) in [6, 6.07) is 19.1. The lowest BCUT2D eigenvalue weighted by Crippen LogP contribution is -2.23. The van der Waals surface area contributed by atoms with Crippen molar-refractivity contribution in [1.29, 1.82) is 0 Å². The van der Waals surface area contributed by atoms with E-state index >= 15 is 0 Å². The number of aromatic nitrogens is 2. The first kappa shape index (κ1) is 19.4.